The second-order valence-corrected chi connectivity index (χ2v) is 7.32. The Kier molecular flexibility index (Phi) is 6.53. The highest BCUT2D eigenvalue weighted by Crippen LogP contribution is 2.29. The van der Waals surface area contributed by atoms with Crippen LogP contribution >= 0.6 is 0 Å². The number of nitrogens with zero attached hydrogens (tertiary/aromatic N) is 1. The molecule has 0 radical (unpaired) electrons. The predicted molar refractivity (Wildman–Crippen MR) is 102 cm³/mol. The largest absolute Gasteiger partial charge is 0.465 e. The van der Waals surface area contributed by atoms with E-state index < -0.39 is 29.7 Å². The number of imide groups is 1. The Morgan fingerprint density at radius 2 is 1.62 bits per heavy atom. The molecule has 3 rings (SSSR count). The topological polar surface area (TPSA) is 124 Å². The van der Waals surface area contributed by atoms with Gasteiger partial charge in [0.25, 0.3) is 11.8 Å². The molecule has 2 amide bonds. The van der Waals surface area contributed by atoms with Gasteiger partial charge < -0.3 is 10.5 Å². The summed E-state index contributed by atoms with van der Waals surface area (Å²) in [5, 5.41) is 0. The SMILES string of the molecule is NCCCC(=O)OCC1CCC(=O)C(N2C(=O)c3ccccc3C2=O)CCC1=O. The van der Waals surface area contributed by atoms with E-state index in [4.69, 9.17) is 10.5 Å². The van der Waals surface area contributed by atoms with Gasteiger partial charge in [0.05, 0.1) is 23.1 Å². The molecule has 1 aliphatic carbocycles. The maximum atomic E-state index is 12.7. The molecule has 1 aromatic carbocycles. The van der Waals surface area contributed by atoms with Crippen LogP contribution in [0.25, 0.3) is 0 Å². The quantitative estimate of drug-likeness (QED) is 0.563. The van der Waals surface area contributed by atoms with Crippen molar-refractivity contribution in [3.05, 3.63) is 35.4 Å². The summed E-state index contributed by atoms with van der Waals surface area (Å²) in [6.45, 7) is 0.318. The summed E-state index contributed by atoms with van der Waals surface area (Å²) >= 11 is 0. The molecule has 2 aliphatic rings. The molecular formula is C21H24N2O6. The number of carbonyl (C=O) groups excluding carboxylic acids is 5. The molecule has 0 saturated heterocycles. The van der Waals surface area contributed by atoms with E-state index in [0.717, 1.165) is 4.90 Å². The van der Waals surface area contributed by atoms with E-state index in [-0.39, 0.29) is 61.4 Å². The molecule has 8 nitrogen and oxygen atoms in total. The zero-order valence-corrected chi connectivity index (χ0v) is 16.1. The number of ether oxygens (including phenoxy) is 1. The van der Waals surface area contributed by atoms with E-state index in [1.54, 1.807) is 24.3 Å². The number of nitrogens with two attached hydrogens (primary N) is 1. The lowest BCUT2D eigenvalue weighted by molar-refractivity contribution is -0.146. The van der Waals surface area contributed by atoms with Gasteiger partial charge in [0, 0.05) is 19.3 Å². The van der Waals surface area contributed by atoms with Crippen LogP contribution in [-0.2, 0) is 19.1 Å². The summed E-state index contributed by atoms with van der Waals surface area (Å²) < 4.78 is 5.14. The van der Waals surface area contributed by atoms with Gasteiger partial charge in [-0.1, -0.05) is 12.1 Å². The first-order valence-electron chi connectivity index (χ1n) is 9.82. The Balaban J connectivity index is 1.64. The van der Waals surface area contributed by atoms with Crippen LogP contribution in [-0.4, -0.2) is 53.4 Å². The molecule has 0 aromatic heterocycles. The highest BCUT2D eigenvalue weighted by molar-refractivity contribution is 6.23. The lowest BCUT2D eigenvalue weighted by Crippen LogP contribution is -2.46. The number of rotatable bonds is 6. The van der Waals surface area contributed by atoms with E-state index in [2.05, 4.69) is 0 Å². The second kappa shape index (κ2) is 9.09. The lowest BCUT2D eigenvalue weighted by Gasteiger charge is -2.28. The number of fused-ring (bicyclic) bond motifs is 1. The first-order chi connectivity index (χ1) is 13.9. The third-order valence-electron chi connectivity index (χ3n) is 5.40. The standard InChI is InChI=1S/C21H24N2O6/c22-11-3-6-19(26)29-12-13-7-9-18(25)16(8-10-17(13)24)23-20(27)14-4-1-2-5-15(14)21(23)28/h1-2,4-5,13,16H,3,6-12,22H2. The Hall–Kier alpha value is -2.87. The van der Waals surface area contributed by atoms with Crippen molar-refractivity contribution in [2.24, 2.45) is 11.7 Å². The van der Waals surface area contributed by atoms with Crippen LogP contribution in [0.1, 0.15) is 59.2 Å². The molecule has 154 valence electrons. The van der Waals surface area contributed by atoms with Gasteiger partial charge in [-0.25, -0.2) is 0 Å². The number of hydrogen-bond donors (Lipinski definition) is 1. The Morgan fingerprint density at radius 1 is 1.00 bits per heavy atom. The predicted octanol–water partition coefficient (Wildman–Crippen LogP) is 1.26. The summed E-state index contributed by atoms with van der Waals surface area (Å²) in [4.78, 5) is 63.2. The first kappa shape index (κ1) is 20.9. The number of Topliss-reactive ketones (excluding diaryl/α,β-unsaturated/α-hetero) is 2. The fraction of sp³-hybridized carbons (Fsp3) is 0.476. The highest BCUT2D eigenvalue weighted by atomic mass is 16.5. The van der Waals surface area contributed by atoms with Crippen molar-refractivity contribution in [1.29, 1.82) is 0 Å². The van der Waals surface area contributed by atoms with Crippen LogP contribution in [0.2, 0.25) is 0 Å². The van der Waals surface area contributed by atoms with Gasteiger partial charge >= 0.3 is 5.97 Å². The highest BCUT2D eigenvalue weighted by Gasteiger charge is 2.43. The van der Waals surface area contributed by atoms with Crippen LogP contribution in [0.4, 0.5) is 0 Å². The average molecular weight is 400 g/mol. The van der Waals surface area contributed by atoms with Crippen LogP contribution in [0.5, 0.6) is 0 Å². The molecule has 1 saturated carbocycles. The maximum absolute atomic E-state index is 12.7. The third-order valence-corrected chi connectivity index (χ3v) is 5.40. The van der Waals surface area contributed by atoms with E-state index in [1.807, 2.05) is 0 Å². The summed E-state index contributed by atoms with van der Waals surface area (Å²) in [7, 11) is 0. The van der Waals surface area contributed by atoms with Gasteiger partial charge in [0.2, 0.25) is 0 Å². The number of ketones is 2. The van der Waals surface area contributed by atoms with E-state index in [0.29, 0.717) is 13.0 Å². The Labute approximate surface area is 168 Å². The van der Waals surface area contributed by atoms with Crippen LogP contribution < -0.4 is 5.73 Å². The molecule has 2 atom stereocenters. The number of carbonyl (C=O) groups is 5. The Morgan fingerprint density at radius 3 is 2.24 bits per heavy atom. The zero-order chi connectivity index (χ0) is 21.0. The molecule has 1 aliphatic heterocycles. The minimum Gasteiger partial charge on any atom is -0.465 e. The fourth-order valence-corrected chi connectivity index (χ4v) is 3.74. The van der Waals surface area contributed by atoms with Crippen LogP contribution in [0.3, 0.4) is 0 Å². The molecule has 1 heterocycles. The molecule has 1 aromatic rings. The minimum atomic E-state index is -0.945. The molecule has 29 heavy (non-hydrogen) atoms. The average Bonchev–Trinajstić information content (AvgIpc) is 2.96. The smallest absolute Gasteiger partial charge is 0.305 e. The molecular weight excluding hydrogens is 376 g/mol. The van der Waals surface area contributed by atoms with Crippen molar-refractivity contribution in [2.75, 3.05) is 13.2 Å². The van der Waals surface area contributed by atoms with E-state index in [1.165, 1.54) is 0 Å². The first-order valence-corrected chi connectivity index (χ1v) is 9.82. The zero-order valence-electron chi connectivity index (χ0n) is 16.1. The van der Waals surface area contributed by atoms with Gasteiger partial charge in [-0.3, -0.25) is 28.9 Å². The minimum absolute atomic E-state index is 0.0365. The molecule has 2 unspecified atom stereocenters. The van der Waals surface area contributed by atoms with E-state index in [9.17, 15) is 24.0 Å². The number of hydrogen-bond acceptors (Lipinski definition) is 7. The van der Waals surface area contributed by atoms with Gasteiger partial charge in [0.1, 0.15) is 12.4 Å². The van der Waals surface area contributed by atoms with Crippen LogP contribution in [0.15, 0.2) is 24.3 Å². The maximum Gasteiger partial charge on any atom is 0.305 e. The van der Waals surface area contributed by atoms with Crippen molar-refractivity contribution >= 4 is 29.4 Å². The summed E-state index contributed by atoms with van der Waals surface area (Å²) in [5.41, 5.74) is 5.91. The van der Waals surface area contributed by atoms with Gasteiger partial charge in [-0.05, 0) is 37.9 Å². The van der Waals surface area contributed by atoms with Gasteiger partial charge in [-0.2, -0.15) is 0 Å². The second-order valence-electron chi connectivity index (χ2n) is 7.32. The molecule has 0 bridgehead atoms. The van der Waals surface area contributed by atoms with Crippen LogP contribution in [0, 0.1) is 5.92 Å². The fourth-order valence-electron chi connectivity index (χ4n) is 3.74. The number of esters is 1. The van der Waals surface area contributed by atoms with Crippen molar-refractivity contribution in [2.45, 2.75) is 44.6 Å². The Bertz CT molecular complexity index is 814. The van der Waals surface area contributed by atoms with Crippen molar-refractivity contribution < 1.29 is 28.7 Å². The van der Waals surface area contributed by atoms with Gasteiger partial charge in [-0.15, -0.1) is 0 Å². The summed E-state index contributed by atoms with van der Waals surface area (Å²) in [6.07, 6.45) is 1.09. The normalized spacial score (nSPS) is 22.3. The van der Waals surface area contributed by atoms with Crippen molar-refractivity contribution in [1.82, 2.24) is 4.90 Å². The molecule has 0 spiro atoms. The summed E-state index contributed by atoms with van der Waals surface area (Å²) in [6, 6.07) is 5.50. The lowest BCUT2D eigenvalue weighted by atomic mass is 9.87. The molecule has 8 heteroatoms. The van der Waals surface area contributed by atoms with E-state index >= 15 is 0 Å². The number of benzene rings is 1. The third kappa shape index (κ3) is 4.42. The van der Waals surface area contributed by atoms with Gasteiger partial charge in [0.15, 0.2) is 5.78 Å². The monoisotopic (exact) mass is 400 g/mol. The van der Waals surface area contributed by atoms with Crippen molar-refractivity contribution in [3.63, 3.8) is 0 Å². The molecule has 1 fully saturated rings. The number of amides is 2. The van der Waals surface area contributed by atoms with Crippen molar-refractivity contribution in [3.8, 4) is 0 Å². The molecule has 2 N–H and O–H groups in total. The summed E-state index contributed by atoms with van der Waals surface area (Å²) in [5.74, 6) is -2.36.